The van der Waals surface area contributed by atoms with Gasteiger partial charge in [-0.25, -0.2) is 0 Å². The molecule has 5 heteroatoms. The van der Waals surface area contributed by atoms with Crippen LogP contribution in [0.1, 0.15) is 30.4 Å². The highest BCUT2D eigenvalue weighted by Crippen LogP contribution is 2.49. The smallest absolute Gasteiger partial charge is 0.256 e. The number of fused-ring (bicyclic) bond motifs is 4. The van der Waals surface area contributed by atoms with Gasteiger partial charge in [0.2, 0.25) is 0 Å². The van der Waals surface area contributed by atoms with E-state index < -0.39 is 5.72 Å². The van der Waals surface area contributed by atoms with Crippen molar-refractivity contribution >= 4 is 23.6 Å². The predicted octanol–water partition coefficient (Wildman–Crippen LogP) is 4.92. The van der Waals surface area contributed by atoms with Crippen LogP contribution < -0.4 is 4.74 Å². The molecule has 2 aliphatic heterocycles. The second-order valence-electron chi connectivity index (χ2n) is 7.12. The number of aliphatic hydroxyl groups is 1. The summed E-state index contributed by atoms with van der Waals surface area (Å²) >= 11 is 5.91. The minimum absolute atomic E-state index is 0.0226. The van der Waals surface area contributed by atoms with Gasteiger partial charge >= 0.3 is 0 Å². The summed E-state index contributed by atoms with van der Waals surface area (Å²) in [5.74, 6) is 0.299. The second kappa shape index (κ2) is 6.46. The van der Waals surface area contributed by atoms with Crippen LogP contribution in [-0.2, 0) is 4.79 Å². The van der Waals surface area contributed by atoms with Crippen molar-refractivity contribution in [3.63, 3.8) is 0 Å². The van der Waals surface area contributed by atoms with E-state index in [0.717, 1.165) is 16.9 Å². The van der Waals surface area contributed by atoms with Gasteiger partial charge in [-0.05, 0) is 36.8 Å². The molecule has 1 amide bonds. The number of likely N-dealkylation sites (N-methyl/N-ethyl adjacent to an activating group) is 1. The molecule has 138 valence electrons. The third-order valence-electron chi connectivity index (χ3n) is 5.38. The van der Waals surface area contributed by atoms with Crippen molar-refractivity contribution in [1.82, 2.24) is 4.90 Å². The zero-order valence-corrected chi connectivity index (χ0v) is 15.9. The normalized spacial score (nSPS) is 26.0. The summed E-state index contributed by atoms with van der Waals surface area (Å²) in [7, 11) is 1.71. The number of carbonyl (C=O) groups is 1. The fraction of sp³-hybridized carbons (Fsp3) is 0.227. The van der Waals surface area contributed by atoms with E-state index in [2.05, 4.69) is 0 Å². The molecule has 0 aliphatic carbocycles. The lowest BCUT2D eigenvalue weighted by Gasteiger charge is -2.49. The lowest BCUT2D eigenvalue weighted by molar-refractivity contribution is -0.153. The number of aliphatic hydroxyl groups excluding tert-OH is 1. The number of carbonyl (C=O) groups excluding carboxylic acids is 1. The number of rotatable bonds is 2. The van der Waals surface area contributed by atoms with E-state index in [4.69, 9.17) is 16.3 Å². The Morgan fingerprint density at radius 2 is 1.96 bits per heavy atom. The number of benzene rings is 2. The monoisotopic (exact) mass is 381 g/mol. The first kappa shape index (κ1) is 17.7. The maximum absolute atomic E-state index is 13.0. The minimum Gasteiger partial charge on any atom is -0.507 e. The number of likely N-dealkylation sites (tertiary alicyclic amines) is 1. The number of allylic oxidation sites excluding steroid dienone is 1. The Bertz CT molecular complexity index is 964. The SMILES string of the molecule is CN1C(=O)/C(=C(O)/C=C/c2ccc(Cl)cc2)[C@H]2C[C@@]1(C)Oc1ccccc12. The second-order valence-corrected chi connectivity index (χ2v) is 7.56. The van der Waals surface area contributed by atoms with Gasteiger partial charge in [0, 0.05) is 30.0 Å². The fourth-order valence-electron chi connectivity index (χ4n) is 3.76. The fourth-order valence-corrected chi connectivity index (χ4v) is 3.89. The largest absolute Gasteiger partial charge is 0.507 e. The highest BCUT2D eigenvalue weighted by Gasteiger charge is 2.50. The van der Waals surface area contributed by atoms with Crippen molar-refractivity contribution in [3.8, 4) is 5.75 Å². The molecule has 0 unspecified atom stereocenters. The summed E-state index contributed by atoms with van der Waals surface area (Å²) in [6.07, 6.45) is 3.94. The van der Waals surface area contributed by atoms with Crippen LogP contribution in [0.2, 0.25) is 5.02 Å². The number of para-hydroxylation sites is 1. The van der Waals surface area contributed by atoms with E-state index >= 15 is 0 Å². The van der Waals surface area contributed by atoms with Gasteiger partial charge in [-0.3, -0.25) is 4.79 Å². The van der Waals surface area contributed by atoms with Gasteiger partial charge in [0.25, 0.3) is 5.91 Å². The van der Waals surface area contributed by atoms with Gasteiger partial charge in [-0.15, -0.1) is 0 Å². The third kappa shape index (κ3) is 3.00. The summed E-state index contributed by atoms with van der Waals surface area (Å²) in [5.41, 5.74) is 1.49. The molecular formula is C22H20ClNO3. The highest BCUT2D eigenvalue weighted by molar-refractivity contribution is 6.30. The third-order valence-corrected chi connectivity index (χ3v) is 5.63. The molecule has 4 rings (SSSR count). The van der Waals surface area contributed by atoms with Gasteiger partial charge < -0.3 is 14.7 Å². The first-order chi connectivity index (χ1) is 12.9. The van der Waals surface area contributed by atoms with Crippen LogP contribution in [0.25, 0.3) is 6.08 Å². The van der Waals surface area contributed by atoms with Crippen LogP contribution in [-0.4, -0.2) is 28.7 Å². The zero-order chi connectivity index (χ0) is 19.2. The van der Waals surface area contributed by atoms with E-state index in [-0.39, 0.29) is 17.6 Å². The van der Waals surface area contributed by atoms with Gasteiger partial charge in [0.15, 0.2) is 5.72 Å². The molecule has 2 aliphatic rings. The van der Waals surface area contributed by atoms with Crippen molar-refractivity contribution in [3.05, 3.63) is 82.1 Å². The Hall–Kier alpha value is -2.72. The quantitative estimate of drug-likeness (QED) is 0.593. The van der Waals surface area contributed by atoms with Crippen molar-refractivity contribution in [2.45, 2.75) is 25.0 Å². The first-order valence-electron chi connectivity index (χ1n) is 8.82. The standard InChI is InChI=1S/C22H20ClNO3/c1-22-13-17(16-5-3-4-6-19(16)27-22)20(21(26)24(22)2)18(25)12-9-14-7-10-15(23)11-8-14/h3-12,17,25H,13H2,1-2H3/b12-9+,20-18-/t17-,22+/m0/s1. The highest BCUT2D eigenvalue weighted by atomic mass is 35.5. The van der Waals surface area contributed by atoms with Crippen LogP contribution in [0, 0.1) is 0 Å². The Morgan fingerprint density at radius 1 is 1.26 bits per heavy atom. The summed E-state index contributed by atoms with van der Waals surface area (Å²) in [4.78, 5) is 14.6. The van der Waals surface area contributed by atoms with Crippen molar-refractivity contribution in [1.29, 1.82) is 0 Å². The molecule has 27 heavy (non-hydrogen) atoms. The predicted molar refractivity (Wildman–Crippen MR) is 106 cm³/mol. The minimum atomic E-state index is -0.722. The molecule has 0 spiro atoms. The van der Waals surface area contributed by atoms with Crippen molar-refractivity contribution < 1.29 is 14.6 Å². The lowest BCUT2D eigenvalue weighted by Crippen LogP contribution is -2.59. The topological polar surface area (TPSA) is 49.8 Å². The average molecular weight is 382 g/mol. The Morgan fingerprint density at radius 3 is 2.70 bits per heavy atom. The van der Waals surface area contributed by atoms with Crippen LogP contribution in [0.5, 0.6) is 5.75 Å². The molecule has 1 saturated heterocycles. The van der Waals surface area contributed by atoms with Crippen LogP contribution in [0.15, 0.2) is 65.9 Å². The maximum Gasteiger partial charge on any atom is 0.256 e. The first-order valence-corrected chi connectivity index (χ1v) is 9.20. The van der Waals surface area contributed by atoms with E-state index in [1.54, 1.807) is 36.2 Å². The molecular weight excluding hydrogens is 362 g/mol. The molecule has 2 aromatic rings. The molecule has 2 heterocycles. The Balaban J connectivity index is 1.78. The molecule has 1 N–H and O–H groups in total. The lowest BCUT2D eigenvalue weighted by atomic mass is 9.77. The van der Waals surface area contributed by atoms with Gasteiger partial charge in [-0.2, -0.15) is 0 Å². The van der Waals surface area contributed by atoms with E-state index in [0.29, 0.717) is 17.0 Å². The number of amides is 1. The van der Waals surface area contributed by atoms with Gasteiger partial charge in [0.05, 0.1) is 5.57 Å². The van der Waals surface area contributed by atoms with E-state index in [1.165, 1.54) is 0 Å². The van der Waals surface area contributed by atoms with Crippen molar-refractivity contribution in [2.75, 3.05) is 7.05 Å². The molecule has 2 atom stereocenters. The van der Waals surface area contributed by atoms with Crippen LogP contribution >= 0.6 is 11.6 Å². The van der Waals surface area contributed by atoms with Gasteiger partial charge in [0.1, 0.15) is 11.5 Å². The molecule has 0 saturated carbocycles. The van der Waals surface area contributed by atoms with E-state index in [1.807, 2.05) is 43.3 Å². The van der Waals surface area contributed by atoms with Crippen LogP contribution in [0.3, 0.4) is 0 Å². The molecule has 4 nitrogen and oxygen atoms in total. The number of piperidine rings is 1. The number of hydrogen-bond donors (Lipinski definition) is 1. The van der Waals surface area contributed by atoms with Crippen LogP contribution in [0.4, 0.5) is 0 Å². The summed E-state index contributed by atoms with van der Waals surface area (Å²) in [6, 6.07) is 15.0. The summed E-state index contributed by atoms with van der Waals surface area (Å²) < 4.78 is 6.11. The molecule has 2 aromatic carbocycles. The zero-order valence-electron chi connectivity index (χ0n) is 15.1. The molecule has 0 radical (unpaired) electrons. The summed E-state index contributed by atoms with van der Waals surface area (Å²) in [5, 5.41) is 11.4. The molecule has 0 aromatic heterocycles. The number of hydrogen-bond acceptors (Lipinski definition) is 3. The van der Waals surface area contributed by atoms with Gasteiger partial charge in [-0.1, -0.05) is 48.0 Å². The Labute approximate surface area is 163 Å². The number of halogens is 1. The molecule has 1 fully saturated rings. The van der Waals surface area contributed by atoms with Crippen molar-refractivity contribution in [2.24, 2.45) is 0 Å². The number of ether oxygens (including phenoxy) is 1. The number of nitrogens with zero attached hydrogens (tertiary/aromatic N) is 1. The maximum atomic E-state index is 13.0. The average Bonchev–Trinajstić information content (AvgIpc) is 2.66. The Kier molecular flexibility index (Phi) is 4.23. The molecule has 2 bridgehead atoms. The van der Waals surface area contributed by atoms with E-state index in [9.17, 15) is 9.90 Å². The summed E-state index contributed by atoms with van der Waals surface area (Å²) in [6.45, 7) is 1.91.